The van der Waals surface area contributed by atoms with E-state index in [1.165, 1.54) is 0 Å². The normalized spacial score (nSPS) is 28.7. The van der Waals surface area contributed by atoms with E-state index < -0.39 is 15.2 Å². The Bertz CT molecular complexity index is 475. The zero-order valence-electron chi connectivity index (χ0n) is 15.3. The van der Waals surface area contributed by atoms with Crippen LogP contribution in [0.25, 0.3) is 0 Å². The molecule has 1 aliphatic rings. The van der Waals surface area contributed by atoms with Gasteiger partial charge in [0.1, 0.15) is 0 Å². The summed E-state index contributed by atoms with van der Waals surface area (Å²) in [6.45, 7) is 6.80. The van der Waals surface area contributed by atoms with Gasteiger partial charge in [0.15, 0.2) is 0 Å². The molecule has 8 nitrogen and oxygen atoms in total. The first-order valence-corrected chi connectivity index (χ1v) is 11.3. The van der Waals surface area contributed by atoms with Crippen LogP contribution in [0.2, 0.25) is 0 Å². The van der Waals surface area contributed by atoms with Crippen molar-refractivity contribution in [3.05, 3.63) is 0 Å². The van der Waals surface area contributed by atoms with Crippen molar-refractivity contribution >= 4 is 15.2 Å². The summed E-state index contributed by atoms with van der Waals surface area (Å²) in [4.78, 5) is 0. The molecule has 0 aromatic carbocycles. The minimum absolute atomic E-state index is 0.110. The van der Waals surface area contributed by atoms with Crippen molar-refractivity contribution < 1.29 is 22.9 Å². The van der Waals surface area contributed by atoms with Gasteiger partial charge in [-0.1, -0.05) is 0 Å². The number of hydrogen-bond donors (Lipinski definition) is 0. The van der Waals surface area contributed by atoms with Crippen LogP contribution in [0.15, 0.2) is 0 Å². The van der Waals surface area contributed by atoms with E-state index in [0.29, 0.717) is 19.7 Å². The first kappa shape index (κ1) is 21.3. The zero-order chi connectivity index (χ0) is 17.8. The van der Waals surface area contributed by atoms with E-state index in [4.69, 9.17) is 13.8 Å². The Morgan fingerprint density at radius 1 is 1.13 bits per heavy atom. The van der Waals surface area contributed by atoms with Gasteiger partial charge < -0.3 is 13.8 Å². The maximum Gasteiger partial charge on any atom is 0.345 e. The van der Waals surface area contributed by atoms with Crippen LogP contribution in [-0.4, -0.2) is 87.4 Å². The number of rotatable bonds is 8. The summed E-state index contributed by atoms with van der Waals surface area (Å²) in [7, 11) is 1.03. The molecular formula is C13H31N3O5P2. The van der Waals surface area contributed by atoms with E-state index in [2.05, 4.69) is 0 Å². The predicted molar refractivity (Wildman–Crippen MR) is 92.0 cm³/mol. The highest BCUT2D eigenvalue weighted by molar-refractivity contribution is 7.55. The van der Waals surface area contributed by atoms with E-state index in [1.54, 1.807) is 44.2 Å². The Morgan fingerprint density at radius 3 is 2.22 bits per heavy atom. The molecule has 10 heteroatoms. The van der Waals surface area contributed by atoms with Gasteiger partial charge in [0, 0.05) is 19.8 Å². The molecule has 0 radical (unpaired) electrons. The lowest BCUT2D eigenvalue weighted by Crippen LogP contribution is -2.48. The molecule has 1 aliphatic heterocycles. The molecule has 138 valence electrons. The highest BCUT2D eigenvalue weighted by Gasteiger charge is 2.40. The molecule has 0 amide bonds. The van der Waals surface area contributed by atoms with Crippen LogP contribution < -0.4 is 0 Å². The minimum Gasteiger partial charge on any atom is -0.370 e. The monoisotopic (exact) mass is 371 g/mol. The summed E-state index contributed by atoms with van der Waals surface area (Å²) in [5, 5.41) is 0. The fourth-order valence-electron chi connectivity index (χ4n) is 2.27. The van der Waals surface area contributed by atoms with E-state index in [9.17, 15) is 9.13 Å². The summed E-state index contributed by atoms with van der Waals surface area (Å²) in [6.07, 6.45) is -0.414. The van der Waals surface area contributed by atoms with Gasteiger partial charge in [0.05, 0.1) is 25.4 Å². The van der Waals surface area contributed by atoms with Crippen LogP contribution in [0, 0.1) is 0 Å². The van der Waals surface area contributed by atoms with Crippen molar-refractivity contribution in [2.24, 2.45) is 0 Å². The zero-order valence-corrected chi connectivity index (χ0v) is 17.0. The molecule has 0 aliphatic carbocycles. The van der Waals surface area contributed by atoms with Crippen molar-refractivity contribution in [2.75, 3.05) is 61.2 Å². The average Bonchev–Trinajstić information content (AvgIpc) is 2.44. The fourth-order valence-corrected chi connectivity index (χ4v) is 5.01. The third-order valence-corrected chi connectivity index (χ3v) is 8.42. The molecule has 1 rings (SSSR count). The molecule has 2 unspecified atom stereocenters. The molecule has 0 aromatic rings. The van der Waals surface area contributed by atoms with Gasteiger partial charge in [-0.3, -0.25) is 9.13 Å². The lowest BCUT2D eigenvalue weighted by molar-refractivity contribution is -0.0758. The molecule has 0 spiro atoms. The van der Waals surface area contributed by atoms with Crippen LogP contribution in [0.1, 0.15) is 13.8 Å². The Labute approximate surface area is 140 Å². The highest BCUT2D eigenvalue weighted by Crippen LogP contribution is 2.53. The predicted octanol–water partition coefficient (Wildman–Crippen LogP) is 2.18. The van der Waals surface area contributed by atoms with Crippen LogP contribution in [0.4, 0.5) is 0 Å². The molecule has 1 saturated heterocycles. The molecular weight excluding hydrogens is 340 g/mol. The van der Waals surface area contributed by atoms with Crippen molar-refractivity contribution in [1.29, 1.82) is 0 Å². The lowest BCUT2D eigenvalue weighted by Gasteiger charge is -2.42. The van der Waals surface area contributed by atoms with Gasteiger partial charge in [-0.15, -0.1) is 0 Å². The first-order chi connectivity index (χ1) is 10.5. The molecule has 0 aromatic heterocycles. The highest BCUT2D eigenvalue weighted by atomic mass is 31.2. The van der Waals surface area contributed by atoms with Gasteiger partial charge in [-0.05, 0) is 42.0 Å². The molecule has 0 bridgehead atoms. The van der Waals surface area contributed by atoms with Crippen LogP contribution >= 0.6 is 15.2 Å². The smallest absolute Gasteiger partial charge is 0.345 e. The summed E-state index contributed by atoms with van der Waals surface area (Å²) in [5.74, 6) is 0. The summed E-state index contributed by atoms with van der Waals surface area (Å²) in [6, 6.07) is 0. The Hall–Kier alpha value is 0.220. The van der Waals surface area contributed by atoms with Gasteiger partial charge in [0.2, 0.25) is 0 Å². The lowest BCUT2D eigenvalue weighted by atomic mass is 10.2. The van der Waals surface area contributed by atoms with E-state index >= 15 is 0 Å². The topological polar surface area (TPSA) is 71.6 Å². The van der Waals surface area contributed by atoms with Crippen molar-refractivity contribution in [3.63, 3.8) is 0 Å². The average molecular weight is 371 g/mol. The Balaban J connectivity index is 2.79. The van der Waals surface area contributed by atoms with E-state index in [-0.39, 0.29) is 18.8 Å². The SMILES string of the molecule is CCOP(=O)(N(C)C)N1C[C@@H](COP(C)(=O)N(C)C)O[C@@H](C)C1. The second-order valence-electron chi connectivity index (χ2n) is 6.14. The molecule has 1 heterocycles. The molecule has 0 N–H and O–H groups in total. The summed E-state index contributed by atoms with van der Waals surface area (Å²) >= 11 is 0. The quantitative estimate of drug-likeness (QED) is 0.602. The standard InChI is InChI=1S/C13H31N3O5P2/c1-8-19-23(18,15(5)6)16-9-12(2)21-13(10-16)11-20-22(7,17)14(3)4/h12-13H,8-11H2,1-7H3/t12-,13-,22?,23?/m0/s1. The van der Waals surface area contributed by atoms with E-state index in [1.807, 2.05) is 18.5 Å². The fraction of sp³-hybridized carbons (Fsp3) is 1.00. The molecule has 23 heavy (non-hydrogen) atoms. The first-order valence-electron chi connectivity index (χ1n) is 7.76. The maximum absolute atomic E-state index is 13.1. The Morgan fingerprint density at radius 2 is 1.74 bits per heavy atom. The maximum atomic E-state index is 13.1. The Kier molecular flexibility index (Phi) is 7.90. The van der Waals surface area contributed by atoms with Crippen LogP contribution in [0.5, 0.6) is 0 Å². The third-order valence-electron chi connectivity index (χ3n) is 3.69. The van der Waals surface area contributed by atoms with Crippen LogP contribution in [-0.2, 0) is 22.9 Å². The summed E-state index contributed by atoms with van der Waals surface area (Å²) in [5.41, 5.74) is 0. The number of morpholine rings is 1. The largest absolute Gasteiger partial charge is 0.370 e. The van der Waals surface area contributed by atoms with Crippen molar-refractivity contribution in [1.82, 2.24) is 14.0 Å². The third kappa shape index (κ3) is 5.62. The molecule has 4 atom stereocenters. The number of nitrogens with zero attached hydrogens (tertiary/aromatic N) is 3. The van der Waals surface area contributed by atoms with E-state index in [0.717, 1.165) is 0 Å². The van der Waals surface area contributed by atoms with Gasteiger partial charge in [-0.2, -0.15) is 0 Å². The van der Waals surface area contributed by atoms with Gasteiger partial charge in [0.25, 0.3) is 7.52 Å². The van der Waals surface area contributed by atoms with Crippen molar-refractivity contribution in [3.8, 4) is 0 Å². The van der Waals surface area contributed by atoms with Crippen LogP contribution in [0.3, 0.4) is 0 Å². The molecule has 1 fully saturated rings. The van der Waals surface area contributed by atoms with Gasteiger partial charge in [-0.25, -0.2) is 14.0 Å². The summed E-state index contributed by atoms with van der Waals surface area (Å²) < 4.78 is 47.4. The van der Waals surface area contributed by atoms with Gasteiger partial charge >= 0.3 is 7.67 Å². The van der Waals surface area contributed by atoms with Crippen molar-refractivity contribution in [2.45, 2.75) is 26.1 Å². The number of ether oxygens (including phenoxy) is 1. The second-order valence-corrected chi connectivity index (χ2v) is 11.4. The second kappa shape index (κ2) is 8.54. The molecule has 0 saturated carbocycles. The number of hydrogen-bond acceptors (Lipinski definition) is 5. The minimum atomic E-state index is -3.07.